The van der Waals surface area contributed by atoms with Crippen LogP contribution >= 0.6 is 11.6 Å². The van der Waals surface area contributed by atoms with E-state index in [0.29, 0.717) is 5.76 Å². The third-order valence-electron chi connectivity index (χ3n) is 3.79. The molecule has 1 aliphatic rings. The predicted molar refractivity (Wildman–Crippen MR) is 76.7 cm³/mol. The van der Waals surface area contributed by atoms with E-state index in [0.717, 1.165) is 31.4 Å². The molecule has 19 heavy (non-hydrogen) atoms. The van der Waals surface area contributed by atoms with E-state index in [1.54, 1.807) is 6.26 Å². The summed E-state index contributed by atoms with van der Waals surface area (Å²) in [5.41, 5.74) is 0.909. The second-order valence-corrected chi connectivity index (χ2v) is 6.20. The van der Waals surface area contributed by atoms with Crippen LogP contribution in [0.3, 0.4) is 0 Å². The molecule has 0 N–H and O–H groups in total. The highest BCUT2D eigenvalue weighted by molar-refractivity contribution is 6.20. The van der Waals surface area contributed by atoms with Crippen molar-refractivity contribution in [3.8, 4) is 0 Å². The Bertz CT molecular complexity index is 428. The molecular formula is C15H22ClNO2. The third kappa shape index (κ3) is 3.53. The first-order chi connectivity index (χ1) is 9.09. The number of likely N-dealkylation sites (tertiary alicyclic amines) is 1. The summed E-state index contributed by atoms with van der Waals surface area (Å²) in [5, 5.41) is 0.0936. The van der Waals surface area contributed by atoms with Gasteiger partial charge < -0.3 is 9.32 Å². The zero-order valence-electron chi connectivity index (χ0n) is 11.7. The molecule has 2 heterocycles. The van der Waals surface area contributed by atoms with Gasteiger partial charge in [-0.05, 0) is 39.2 Å². The highest BCUT2D eigenvalue weighted by Crippen LogP contribution is 2.25. The molecule has 0 saturated carbocycles. The molecule has 0 radical (unpaired) electrons. The number of carbonyl (C=O) groups is 1. The first-order valence-corrected chi connectivity index (χ1v) is 7.52. The van der Waals surface area contributed by atoms with Crippen LogP contribution in [0.1, 0.15) is 55.1 Å². The highest BCUT2D eigenvalue weighted by Gasteiger charge is 2.29. The summed E-state index contributed by atoms with van der Waals surface area (Å²) in [6.45, 7) is 4.72. The summed E-state index contributed by atoms with van der Waals surface area (Å²) in [4.78, 5) is 14.6. The average Bonchev–Trinajstić information content (AvgIpc) is 2.64. The first-order valence-electron chi connectivity index (χ1n) is 7.08. The summed E-state index contributed by atoms with van der Waals surface area (Å²) in [6, 6.07) is 2.08. The van der Waals surface area contributed by atoms with Gasteiger partial charge in [0.05, 0.1) is 6.26 Å². The van der Waals surface area contributed by atoms with Gasteiger partial charge in [0.15, 0.2) is 5.76 Å². The van der Waals surface area contributed by atoms with E-state index in [2.05, 4.69) is 0 Å². The van der Waals surface area contributed by atoms with Gasteiger partial charge in [-0.3, -0.25) is 4.79 Å². The Balaban J connectivity index is 2.17. The molecule has 1 aromatic rings. The zero-order valence-corrected chi connectivity index (χ0v) is 12.4. The van der Waals surface area contributed by atoms with Crippen molar-refractivity contribution >= 4 is 17.5 Å². The molecule has 0 aromatic carbocycles. The minimum atomic E-state index is 0.0201. The van der Waals surface area contributed by atoms with Gasteiger partial charge in [0.2, 0.25) is 0 Å². The van der Waals surface area contributed by atoms with Gasteiger partial charge >= 0.3 is 0 Å². The number of hydrogen-bond donors (Lipinski definition) is 0. The minimum Gasteiger partial charge on any atom is -0.459 e. The Labute approximate surface area is 119 Å². The molecule has 2 unspecified atom stereocenters. The fraction of sp³-hybridized carbons (Fsp3) is 0.667. The number of carbonyl (C=O) groups excluding carboxylic acids is 1. The van der Waals surface area contributed by atoms with Crippen molar-refractivity contribution in [3.63, 3.8) is 0 Å². The molecule has 1 aromatic heterocycles. The smallest absolute Gasteiger partial charge is 0.290 e. The number of aryl methyl sites for hydroxylation is 1. The van der Waals surface area contributed by atoms with Crippen LogP contribution in [0.5, 0.6) is 0 Å². The minimum absolute atomic E-state index is 0.0201. The topological polar surface area (TPSA) is 33.5 Å². The zero-order chi connectivity index (χ0) is 13.8. The molecule has 0 bridgehead atoms. The molecule has 106 valence electrons. The van der Waals surface area contributed by atoms with Crippen LogP contribution in [0.2, 0.25) is 0 Å². The van der Waals surface area contributed by atoms with Crippen LogP contribution in [0.25, 0.3) is 0 Å². The maximum atomic E-state index is 12.6. The largest absolute Gasteiger partial charge is 0.459 e. The SMILES string of the molecule is Cc1ccoc1C(=O)N1CCCCCC1CC(C)Cl. The van der Waals surface area contributed by atoms with Gasteiger partial charge in [-0.25, -0.2) is 0 Å². The molecular weight excluding hydrogens is 262 g/mol. The summed E-state index contributed by atoms with van der Waals surface area (Å²) < 4.78 is 5.35. The van der Waals surface area contributed by atoms with E-state index in [1.807, 2.05) is 24.8 Å². The number of hydrogen-bond acceptors (Lipinski definition) is 2. The van der Waals surface area contributed by atoms with E-state index in [4.69, 9.17) is 16.0 Å². The van der Waals surface area contributed by atoms with Crippen LogP contribution in [0.15, 0.2) is 16.7 Å². The predicted octanol–water partition coefficient (Wildman–Crippen LogP) is 3.99. The van der Waals surface area contributed by atoms with Crippen molar-refractivity contribution in [2.45, 2.75) is 57.4 Å². The Morgan fingerprint density at radius 3 is 2.95 bits per heavy atom. The van der Waals surface area contributed by atoms with Crippen LogP contribution in [0, 0.1) is 6.92 Å². The van der Waals surface area contributed by atoms with E-state index in [-0.39, 0.29) is 17.3 Å². The molecule has 1 fully saturated rings. The molecule has 3 nitrogen and oxygen atoms in total. The Morgan fingerprint density at radius 2 is 2.32 bits per heavy atom. The fourth-order valence-electron chi connectivity index (χ4n) is 2.79. The van der Waals surface area contributed by atoms with Crippen molar-refractivity contribution in [2.75, 3.05) is 6.54 Å². The van der Waals surface area contributed by atoms with Gasteiger partial charge in [0.25, 0.3) is 5.91 Å². The highest BCUT2D eigenvalue weighted by atomic mass is 35.5. The number of alkyl halides is 1. The molecule has 1 amide bonds. The van der Waals surface area contributed by atoms with Gasteiger partial charge in [0.1, 0.15) is 0 Å². The van der Waals surface area contributed by atoms with Gasteiger partial charge in [-0.2, -0.15) is 0 Å². The Morgan fingerprint density at radius 1 is 1.53 bits per heavy atom. The van der Waals surface area contributed by atoms with E-state index in [1.165, 1.54) is 12.8 Å². The molecule has 2 atom stereocenters. The molecule has 1 aliphatic heterocycles. The average molecular weight is 284 g/mol. The molecule has 2 rings (SSSR count). The summed E-state index contributed by atoms with van der Waals surface area (Å²) in [5.74, 6) is 0.501. The molecule has 4 heteroatoms. The lowest BCUT2D eigenvalue weighted by Gasteiger charge is -2.30. The quantitative estimate of drug-likeness (QED) is 0.786. The lowest BCUT2D eigenvalue weighted by Crippen LogP contribution is -2.41. The van der Waals surface area contributed by atoms with Gasteiger partial charge in [0, 0.05) is 23.5 Å². The maximum Gasteiger partial charge on any atom is 0.290 e. The Kier molecular flexibility index (Phi) is 4.92. The summed E-state index contributed by atoms with van der Waals surface area (Å²) in [6.07, 6.45) is 6.91. The summed E-state index contributed by atoms with van der Waals surface area (Å²) >= 11 is 6.13. The second kappa shape index (κ2) is 6.47. The van der Waals surface area contributed by atoms with E-state index >= 15 is 0 Å². The molecule has 0 aliphatic carbocycles. The fourth-order valence-corrected chi connectivity index (χ4v) is 2.99. The third-order valence-corrected chi connectivity index (χ3v) is 3.97. The maximum absolute atomic E-state index is 12.6. The monoisotopic (exact) mass is 283 g/mol. The number of rotatable bonds is 3. The van der Waals surface area contributed by atoms with Crippen molar-refractivity contribution in [1.82, 2.24) is 4.90 Å². The number of amides is 1. The van der Waals surface area contributed by atoms with E-state index < -0.39 is 0 Å². The van der Waals surface area contributed by atoms with Crippen LogP contribution in [-0.2, 0) is 0 Å². The van der Waals surface area contributed by atoms with Crippen molar-refractivity contribution < 1.29 is 9.21 Å². The van der Waals surface area contributed by atoms with Crippen molar-refractivity contribution in [3.05, 3.63) is 23.7 Å². The lowest BCUT2D eigenvalue weighted by molar-refractivity contribution is 0.0640. The van der Waals surface area contributed by atoms with Gasteiger partial charge in [-0.1, -0.05) is 12.8 Å². The van der Waals surface area contributed by atoms with Crippen LogP contribution in [-0.4, -0.2) is 28.8 Å². The first kappa shape index (κ1) is 14.4. The normalized spacial score (nSPS) is 22.1. The number of furan rings is 1. The molecule has 1 saturated heterocycles. The number of nitrogens with zero attached hydrogens (tertiary/aromatic N) is 1. The Hall–Kier alpha value is -0.960. The van der Waals surface area contributed by atoms with Crippen molar-refractivity contribution in [1.29, 1.82) is 0 Å². The van der Waals surface area contributed by atoms with Gasteiger partial charge in [-0.15, -0.1) is 11.6 Å². The van der Waals surface area contributed by atoms with Crippen molar-refractivity contribution in [2.24, 2.45) is 0 Å². The summed E-state index contributed by atoms with van der Waals surface area (Å²) in [7, 11) is 0. The van der Waals surface area contributed by atoms with Crippen LogP contribution < -0.4 is 0 Å². The van der Waals surface area contributed by atoms with Crippen LogP contribution in [0.4, 0.5) is 0 Å². The lowest BCUT2D eigenvalue weighted by atomic mass is 10.0. The standard InChI is InChI=1S/C15H22ClNO2/c1-11-7-9-19-14(11)15(18)17-8-5-3-4-6-13(17)10-12(2)16/h7,9,12-13H,3-6,8,10H2,1-2H3. The molecule has 0 spiro atoms. The number of halogens is 1. The van der Waals surface area contributed by atoms with E-state index in [9.17, 15) is 4.79 Å². The second-order valence-electron chi connectivity index (χ2n) is 5.45.